The molecule has 0 bridgehead atoms. The van der Waals surface area contributed by atoms with E-state index in [4.69, 9.17) is 5.11 Å². The summed E-state index contributed by atoms with van der Waals surface area (Å²) in [6.45, 7) is 6.32. The van der Waals surface area contributed by atoms with Crippen molar-refractivity contribution in [2.75, 3.05) is 7.11 Å². The zero-order valence-electron chi connectivity index (χ0n) is 15.5. The molecule has 26 heavy (non-hydrogen) atoms. The summed E-state index contributed by atoms with van der Waals surface area (Å²) in [5, 5.41) is 13.3. The molecule has 0 aromatic heterocycles. The van der Waals surface area contributed by atoms with Crippen molar-refractivity contribution in [2.24, 2.45) is 11.8 Å². The van der Waals surface area contributed by atoms with Crippen LogP contribution in [0.1, 0.15) is 40.5 Å². The van der Waals surface area contributed by atoms with Gasteiger partial charge in [0.1, 0.15) is 18.1 Å². The van der Waals surface area contributed by atoms with Gasteiger partial charge in [-0.3, -0.25) is 14.9 Å². The van der Waals surface area contributed by atoms with E-state index in [0.717, 1.165) is 7.11 Å². The average molecular weight is 384 g/mol. The number of carbonyl (C=O) groups is 3. The van der Waals surface area contributed by atoms with Gasteiger partial charge in [0.15, 0.2) is 0 Å². The van der Waals surface area contributed by atoms with Gasteiger partial charge >= 0.3 is 18.1 Å². The van der Waals surface area contributed by atoms with Gasteiger partial charge in [-0.2, -0.15) is 13.2 Å². The van der Waals surface area contributed by atoms with Crippen LogP contribution < -0.4 is 10.6 Å². The van der Waals surface area contributed by atoms with E-state index < -0.39 is 54.5 Å². The zero-order chi connectivity index (χ0) is 20.7. The number of carboxylic acid groups (broad SMARTS) is 1. The fraction of sp³-hybridized carbons (Fsp3) is 0.812. The second kappa shape index (κ2) is 10.3. The third kappa shape index (κ3) is 7.59. The Morgan fingerprint density at radius 3 is 2.00 bits per heavy atom. The summed E-state index contributed by atoms with van der Waals surface area (Å²) in [7, 11) is 1.12. The van der Waals surface area contributed by atoms with E-state index in [1.807, 2.05) is 5.32 Å². The Kier molecular flexibility index (Phi) is 9.61. The van der Waals surface area contributed by atoms with Crippen molar-refractivity contribution in [2.45, 2.75) is 64.8 Å². The summed E-state index contributed by atoms with van der Waals surface area (Å²) < 4.78 is 44.2. The van der Waals surface area contributed by atoms with Gasteiger partial charge in [-0.05, 0) is 11.8 Å². The molecule has 0 spiro atoms. The van der Waals surface area contributed by atoms with Crippen molar-refractivity contribution in [1.29, 1.82) is 0 Å². The van der Waals surface area contributed by atoms with Gasteiger partial charge < -0.3 is 15.2 Å². The first-order chi connectivity index (χ1) is 11.8. The maximum Gasteiger partial charge on any atom is 0.404 e. The second-order valence-corrected chi connectivity index (χ2v) is 6.48. The van der Waals surface area contributed by atoms with Crippen LogP contribution >= 0.6 is 0 Å². The second-order valence-electron chi connectivity index (χ2n) is 6.48. The molecule has 7 nitrogen and oxygen atoms in total. The van der Waals surface area contributed by atoms with E-state index in [2.05, 4.69) is 10.1 Å². The lowest BCUT2D eigenvalue weighted by molar-refractivity contribution is -0.167. The maximum absolute atomic E-state index is 13.2. The molecule has 0 saturated carbocycles. The predicted octanol–water partition coefficient (Wildman–Crippen LogP) is 1.71. The summed E-state index contributed by atoms with van der Waals surface area (Å²) in [4.78, 5) is 34.9. The number of aliphatic carboxylic acids is 1. The molecule has 1 amide bonds. The predicted molar refractivity (Wildman–Crippen MR) is 87.3 cm³/mol. The number of halogens is 3. The molecular weight excluding hydrogens is 357 g/mol. The number of amides is 1. The van der Waals surface area contributed by atoms with Crippen LogP contribution in [-0.2, 0) is 19.1 Å². The van der Waals surface area contributed by atoms with Gasteiger partial charge in [-0.15, -0.1) is 0 Å². The Balaban J connectivity index is 5.25. The number of rotatable bonds is 10. The fourth-order valence-electron chi connectivity index (χ4n) is 2.25. The highest BCUT2D eigenvalue weighted by Gasteiger charge is 2.44. The number of alkyl halides is 3. The molecule has 0 aromatic rings. The lowest BCUT2D eigenvalue weighted by Gasteiger charge is -2.28. The summed E-state index contributed by atoms with van der Waals surface area (Å²) in [5.74, 6) is -4.19. The van der Waals surface area contributed by atoms with E-state index in [1.54, 1.807) is 13.8 Å². The highest BCUT2D eigenvalue weighted by molar-refractivity contribution is 5.85. The monoisotopic (exact) mass is 384 g/mol. The summed E-state index contributed by atoms with van der Waals surface area (Å²) in [6, 6.07) is -4.91. The first-order valence-electron chi connectivity index (χ1n) is 8.27. The first-order valence-corrected chi connectivity index (χ1v) is 8.27. The molecule has 0 aromatic carbocycles. The van der Waals surface area contributed by atoms with E-state index in [9.17, 15) is 27.6 Å². The van der Waals surface area contributed by atoms with Gasteiger partial charge in [0, 0.05) is 0 Å². The van der Waals surface area contributed by atoms with Crippen molar-refractivity contribution in [3.8, 4) is 0 Å². The fourth-order valence-corrected chi connectivity index (χ4v) is 2.25. The van der Waals surface area contributed by atoms with Crippen LogP contribution in [0.3, 0.4) is 0 Å². The van der Waals surface area contributed by atoms with Crippen LogP contribution in [0.15, 0.2) is 0 Å². The molecule has 0 radical (unpaired) electrons. The summed E-state index contributed by atoms with van der Waals surface area (Å²) in [5.41, 5.74) is 0. The van der Waals surface area contributed by atoms with Crippen molar-refractivity contribution in [3.05, 3.63) is 0 Å². The minimum absolute atomic E-state index is 0.342. The van der Waals surface area contributed by atoms with Crippen LogP contribution in [0.5, 0.6) is 0 Å². The number of carboxylic acids is 1. The highest BCUT2D eigenvalue weighted by atomic mass is 19.4. The average Bonchev–Trinajstić information content (AvgIpc) is 2.52. The molecule has 1 unspecified atom stereocenters. The lowest BCUT2D eigenvalue weighted by Crippen LogP contribution is -2.55. The molecule has 0 aliphatic carbocycles. The number of hydrogen-bond donors (Lipinski definition) is 3. The number of carbonyl (C=O) groups excluding carboxylic acids is 2. The molecule has 10 heteroatoms. The van der Waals surface area contributed by atoms with Crippen LogP contribution in [-0.4, -0.2) is 54.4 Å². The molecule has 152 valence electrons. The molecular formula is C16H27F3N2O5. The van der Waals surface area contributed by atoms with Crippen molar-refractivity contribution in [1.82, 2.24) is 10.6 Å². The number of ether oxygens (including phenoxy) is 1. The number of esters is 1. The van der Waals surface area contributed by atoms with Crippen molar-refractivity contribution in [3.63, 3.8) is 0 Å². The smallest absolute Gasteiger partial charge is 0.404 e. The number of methoxy groups -OCH3 is 1. The van der Waals surface area contributed by atoms with E-state index >= 15 is 0 Å². The van der Waals surface area contributed by atoms with Gasteiger partial charge in [-0.25, -0.2) is 4.79 Å². The maximum atomic E-state index is 13.2. The molecule has 4 atom stereocenters. The SMILES string of the molecule is CC[C@H](C)[C@H](NC(=O)CC(N[C@H](C(=O)O)C(C)C)C(F)(F)F)C(=O)OC. The van der Waals surface area contributed by atoms with Crippen LogP contribution in [0.2, 0.25) is 0 Å². The third-order valence-corrected chi connectivity index (χ3v) is 4.08. The minimum Gasteiger partial charge on any atom is -0.480 e. The molecule has 0 heterocycles. The summed E-state index contributed by atoms with van der Waals surface area (Å²) >= 11 is 0. The van der Waals surface area contributed by atoms with Gasteiger partial charge in [0.25, 0.3) is 0 Å². The quantitative estimate of drug-likeness (QED) is 0.496. The van der Waals surface area contributed by atoms with Crippen molar-refractivity contribution < 1.29 is 37.4 Å². The molecule has 0 aliphatic heterocycles. The van der Waals surface area contributed by atoms with Gasteiger partial charge in [-0.1, -0.05) is 34.1 Å². The Labute approximate surface area is 150 Å². The van der Waals surface area contributed by atoms with Crippen LogP contribution in [0.4, 0.5) is 13.2 Å². The molecule has 3 N–H and O–H groups in total. The Morgan fingerprint density at radius 1 is 1.12 bits per heavy atom. The molecule has 0 rings (SSSR count). The Morgan fingerprint density at radius 2 is 1.65 bits per heavy atom. The summed E-state index contributed by atoms with van der Waals surface area (Å²) in [6.07, 6.45) is -5.39. The van der Waals surface area contributed by atoms with Gasteiger partial charge in [0.2, 0.25) is 5.91 Å². The lowest BCUT2D eigenvalue weighted by atomic mass is 9.98. The topological polar surface area (TPSA) is 105 Å². The zero-order valence-corrected chi connectivity index (χ0v) is 15.5. The normalized spacial score (nSPS) is 16.5. The number of nitrogens with one attached hydrogen (secondary N) is 2. The van der Waals surface area contributed by atoms with Crippen LogP contribution in [0, 0.1) is 11.8 Å². The number of hydrogen-bond acceptors (Lipinski definition) is 5. The molecule has 0 saturated heterocycles. The van der Waals surface area contributed by atoms with Crippen LogP contribution in [0.25, 0.3) is 0 Å². The minimum atomic E-state index is -4.84. The third-order valence-electron chi connectivity index (χ3n) is 4.08. The first kappa shape index (κ1) is 24.2. The van der Waals surface area contributed by atoms with E-state index in [-0.39, 0.29) is 5.92 Å². The van der Waals surface area contributed by atoms with E-state index in [1.165, 1.54) is 13.8 Å². The van der Waals surface area contributed by atoms with E-state index in [0.29, 0.717) is 6.42 Å². The Bertz CT molecular complexity index is 497. The molecule has 0 fully saturated rings. The Hall–Kier alpha value is -1.84. The van der Waals surface area contributed by atoms with Gasteiger partial charge in [0.05, 0.1) is 13.5 Å². The van der Waals surface area contributed by atoms with Crippen molar-refractivity contribution >= 4 is 17.8 Å². The molecule has 0 aliphatic rings. The standard InChI is InChI=1S/C16H27F3N2O5/c1-6-9(4)13(15(25)26-5)21-11(22)7-10(16(17,18)19)20-12(8(2)3)14(23)24/h8-10,12-13,20H,6-7H2,1-5H3,(H,21,22)(H,23,24)/t9-,10?,12-,13-/m0/s1. The largest absolute Gasteiger partial charge is 0.480 e. The highest BCUT2D eigenvalue weighted by Crippen LogP contribution is 2.24.